The number of rotatable bonds is 9. The molecule has 1 aliphatic carbocycles. The zero-order valence-corrected chi connectivity index (χ0v) is 20.6. The molecule has 0 aromatic heterocycles. The molecule has 0 spiro atoms. The number of nitrogens with one attached hydrogen (secondary N) is 2. The lowest BCUT2D eigenvalue weighted by molar-refractivity contribution is 0.122. The Hall–Kier alpha value is -2.17. The number of morpholine rings is 1. The zero-order valence-electron chi connectivity index (χ0n) is 19.8. The number of hydrogen-bond donors (Lipinski definition) is 3. The van der Waals surface area contributed by atoms with Crippen molar-refractivity contribution < 1.29 is 17.9 Å². The van der Waals surface area contributed by atoms with Gasteiger partial charge in [-0.2, -0.15) is 8.42 Å². The second-order valence-electron chi connectivity index (χ2n) is 9.30. The Kier molecular flexibility index (Phi) is 8.10. The Morgan fingerprint density at radius 2 is 1.82 bits per heavy atom. The lowest BCUT2D eigenvalue weighted by Crippen LogP contribution is -2.47. The molecule has 2 aromatic carbocycles. The topological polar surface area (TPSA) is 106 Å². The molecule has 2 aliphatic rings. The van der Waals surface area contributed by atoms with E-state index < -0.39 is 10.2 Å². The van der Waals surface area contributed by atoms with Crippen molar-refractivity contribution in [3.8, 4) is 5.75 Å². The van der Waals surface area contributed by atoms with E-state index in [1.54, 1.807) is 7.11 Å². The van der Waals surface area contributed by atoms with Crippen LogP contribution in [0.3, 0.4) is 0 Å². The number of hydrogen-bond acceptors (Lipinski definition) is 6. The summed E-state index contributed by atoms with van der Waals surface area (Å²) >= 11 is 0. The minimum atomic E-state index is -3.76. The van der Waals surface area contributed by atoms with Gasteiger partial charge >= 0.3 is 0 Å². The van der Waals surface area contributed by atoms with Gasteiger partial charge in [-0.05, 0) is 61.1 Å². The van der Waals surface area contributed by atoms with Crippen molar-refractivity contribution in [3.63, 3.8) is 0 Å². The van der Waals surface area contributed by atoms with Crippen LogP contribution in [-0.2, 0) is 26.9 Å². The molecule has 34 heavy (non-hydrogen) atoms. The second kappa shape index (κ2) is 11.0. The fourth-order valence-electron chi connectivity index (χ4n) is 5.04. The van der Waals surface area contributed by atoms with Gasteiger partial charge in [-0.1, -0.05) is 24.3 Å². The molecule has 4 rings (SSSR count). The first-order valence-electron chi connectivity index (χ1n) is 11.9. The Bertz CT molecular complexity index is 1030. The van der Waals surface area contributed by atoms with Crippen molar-refractivity contribution in [1.29, 1.82) is 0 Å². The molecule has 1 heterocycles. The molecule has 4 N–H and O–H groups in total. The van der Waals surface area contributed by atoms with Crippen LogP contribution in [0, 0.1) is 0 Å². The van der Waals surface area contributed by atoms with Crippen LogP contribution in [-0.4, -0.2) is 54.4 Å². The van der Waals surface area contributed by atoms with Gasteiger partial charge in [0, 0.05) is 43.3 Å². The van der Waals surface area contributed by atoms with E-state index in [9.17, 15) is 8.42 Å². The molecular weight excluding hydrogens is 452 g/mol. The SMILES string of the molecule is COc1cccc([C@]2(CNS(N)(=O)=O)CC[C@@H](NCc3ccc(N4CCOCC4)cc3)CC2)c1. The summed E-state index contributed by atoms with van der Waals surface area (Å²) in [4.78, 5) is 2.36. The lowest BCUT2D eigenvalue weighted by atomic mass is 9.68. The van der Waals surface area contributed by atoms with Crippen molar-refractivity contribution in [3.05, 3.63) is 59.7 Å². The summed E-state index contributed by atoms with van der Waals surface area (Å²) in [5.41, 5.74) is 3.28. The number of nitrogens with two attached hydrogens (primary N) is 1. The summed E-state index contributed by atoms with van der Waals surface area (Å²) in [6.45, 7) is 4.55. The maximum Gasteiger partial charge on any atom is 0.274 e. The molecule has 0 bridgehead atoms. The predicted molar refractivity (Wildman–Crippen MR) is 134 cm³/mol. The second-order valence-corrected chi connectivity index (χ2v) is 10.7. The highest BCUT2D eigenvalue weighted by molar-refractivity contribution is 7.87. The Morgan fingerprint density at radius 1 is 1.12 bits per heavy atom. The molecule has 1 saturated carbocycles. The van der Waals surface area contributed by atoms with Gasteiger partial charge in [0.15, 0.2) is 0 Å². The summed E-state index contributed by atoms with van der Waals surface area (Å²) in [5, 5.41) is 8.96. The monoisotopic (exact) mass is 488 g/mol. The van der Waals surface area contributed by atoms with E-state index in [1.807, 2.05) is 18.2 Å². The minimum absolute atomic E-state index is 0.286. The molecule has 0 radical (unpaired) electrons. The summed E-state index contributed by atoms with van der Waals surface area (Å²) in [7, 11) is -2.12. The van der Waals surface area contributed by atoms with E-state index in [0.717, 1.165) is 69.8 Å². The Balaban J connectivity index is 1.36. The minimum Gasteiger partial charge on any atom is -0.497 e. The molecule has 9 heteroatoms. The Morgan fingerprint density at radius 3 is 2.47 bits per heavy atom. The van der Waals surface area contributed by atoms with E-state index >= 15 is 0 Å². The van der Waals surface area contributed by atoms with E-state index in [-0.39, 0.29) is 12.0 Å². The number of benzene rings is 2. The van der Waals surface area contributed by atoms with Gasteiger partial charge in [-0.25, -0.2) is 9.86 Å². The summed E-state index contributed by atoms with van der Waals surface area (Å²) in [6.07, 6.45) is 3.62. The molecule has 0 amide bonds. The molecule has 1 aliphatic heterocycles. The van der Waals surface area contributed by atoms with E-state index in [4.69, 9.17) is 14.6 Å². The third kappa shape index (κ3) is 6.49. The average Bonchev–Trinajstić information content (AvgIpc) is 2.87. The molecule has 1 saturated heterocycles. The maximum atomic E-state index is 11.6. The highest BCUT2D eigenvalue weighted by Crippen LogP contribution is 2.40. The summed E-state index contributed by atoms with van der Waals surface area (Å²) < 4.78 is 36.7. The summed E-state index contributed by atoms with van der Waals surface area (Å²) in [6, 6.07) is 17.1. The van der Waals surface area contributed by atoms with Gasteiger partial charge in [0.25, 0.3) is 10.2 Å². The first-order valence-corrected chi connectivity index (χ1v) is 13.5. The fourth-order valence-corrected chi connectivity index (χ4v) is 5.52. The zero-order chi connectivity index (χ0) is 24.0. The van der Waals surface area contributed by atoms with Crippen molar-refractivity contribution in [2.45, 2.75) is 43.7 Å². The first kappa shape index (κ1) is 24.9. The van der Waals surface area contributed by atoms with Gasteiger partial charge in [-0.3, -0.25) is 0 Å². The van der Waals surface area contributed by atoms with E-state index in [1.165, 1.54) is 11.3 Å². The third-order valence-electron chi connectivity index (χ3n) is 7.14. The van der Waals surface area contributed by atoms with Gasteiger partial charge < -0.3 is 19.7 Å². The van der Waals surface area contributed by atoms with E-state index in [2.05, 4.69) is 45.3 Å². The van der Waals surface area contributed by atoms with Gasteiger partial charge in [0.05, 0.1) is 20.3 Å². The maximum absolute atomic E-state index is 11.6. The van der Waals surface area contributed by atoms with Crippen LogP contribution in [0.15, 0.2) is 48.5 Å². The molecule has 0 atom stereocenters. The number of methoxy groups -OCH3 is 1. The molecule has 8 nitrogen and oxygen atoms in total. The first-order chi connectivity index (χ1) is 16.4. The van der Waals surface area contributed by atoms with Crippen LogP contribution in [0.4, 0.5) is 5.69 Å². The van der Waals surface area contributed by atoms with Crippen LogP contribution in [0.1, 0.15) is 36.8 Å². The quantitative estimate of drug-likeness (QED) is 0.500. The average molecular weight is 489 g/mol. The highest BCUT2D eigenvalue weighted by Gasteiger charge is 2.37. The van der Waals surface area contributed by atoms with Crippen molar-refractivity contribution in [2.24, 2.45) is 5.14 Å². The standard InChI is InChI=1S/C25H36N4O4S/c1-32-24-4-2-3-21(17-24)25(19-28-34(26,30)31)11-9-22(10-12-25)27-18-20-5-7-23(8-6-20)29-13-15-33-16-14-29/h2-8,17,22,27-28H,9-16,18-19H2,1H3,(H2,26,30,31)/t22-,25-. The molecule has 2 aromatic rings. The lowest BCUT2D eigenvalue weighted by Gasteiger charge is -2.41. The summed E-state index contributed by atoms with van der Waals surface area (Å²) in [5.74, 6) is 0.772. The Labute approximate surface area is 203 Å². The predicted octanol–water partition coefficient (Wildman–Crippen LogP) is 2.30. The largest absolute Gasteiger partial charge is 0.497 e. The van der Waals surface area contributed by atoms with Crippen LogP contribution in [0.2, 0.25) is 0 Å². The number of ether oxygens (including phenoxy) is 2. The molecule has 2 fully saturated rings. The molecule has 0 unspecified atom stereocenters. The fraction of sp³-hybridized carbons (Fsp3) is 0.520. The van der Waals surface area contributed by atoms with Gasteiger partial charge in [0.1, 0.15) is 5.75 Å². The van der Waals surface area contributed by atoms with E-state index in [0.29, 0.717) is 6.04 Å². The normalized spacial score (nSPS) is 23.6. The smallest absolute Gasteiger partial charge is 0.274 e. The van der Waals surface area contributed by atoms with Gasteiger partial charge in [-0.15, -0.1) is 0 Å². The van der Waals surface area contributed by atoms with Crippen molar-refractivity contribution in [2.75, 3.05) is 44.9 Å². The molecule has 186 valence electrons. The van der Waals surface area contributed by atoms with Crippen LogP contribution in [0.5, 0.6) is 5.75 Å². The van der Waals surface area contributed by atoms with Crippen LogP contribution >= 0.6 is 0 Å². The van der Waals surface area contributed by atoms with Crippen molar-refractivity contribution in [1.82, 2.24) is 10.0 Å². The number of anilines is 1. The van der Waals surface area contributed by atoms with Gasteiger partial charge in [0.2, 0.25) is 0 Å². The highest BCUT2D eigenvalue weighted by atomic mass is 32.2. The van der Waals surface area contributed by atoms with Crippen LogP contribution in [0.25, 0.3) is 0 Å². The molecular formula is C25H36N4O4S. The number of nitrogens with zero attached hydrogens (tertiary/aromatic N) is 1. The third-order valence-corrected chi connectivity index (χ3v) is 7.69. The van der Waals surface area contributed by atoms with Crippen LogP contribution < -0.4 is 24.8 Å². The van der Waals surface area contributed by atoms with Crippen molar-refractivity contribution >= 4 is 15.9 Å².